The number of amides is 3. The van der Waals surface area contributed by atoms with Crippen LogP contribution >= 0.6 is 34.9 Å². The number of aromatic nitrogens is 2. The van der Waals surface area contributed by atoms with Crippen LogP contribution in [0, 0.1) is 13.8 Å². The van der Waals surface area contributed by atoms with Crippen molar-refractivity contribution in [3.05, 3.63) is 16.8 Å². The van der Waals surface area contributed by atoms with Crippen LogP contribution in [0.25, 0.3) is 10.2 Å². The summed E-state index contributed by atoms with van der Waals surface area (Å²) in [6, 6.07) is 0. The van der Waals surface area contributed by atoms with E-state index in [0.717, 1.165) is 32.6 Å². The number of fused-ring (bicyclic) bond motifs is 1. The van der Waals surface area contributed by atoms with E-state index in [2.05, 4.69) is 15.3 Å². The van der Waals surface area contributed by atoms with Gasteiger partial charge in [0.15, 0.2) is 0 Å². The van der Waals surface area contributed by atoms with Crippen LogP contribution in [0.2, 0.25) is 0 Å². The average Bonchev–Trinajstić information content (AvgIpc) is 3.08. The molecule has 2 aromatic heterocycles. The highest BCUT2D eigenvalue weighted by Gasteiger charge is 2.29. The van der Waals surface area contributed by atoms with Gasteiger partial charge >= 0.3 is 0 Å². The van der Waals surface area contributed by atoms with Gasteiger partial charge in [-0.1, -0.05) is 23.5 Å². The number of imide groups is 1. The summed E-state index contributed by atoms with van der Waals surface area (Å²) in [5, 5.41) is 3.97. The lowest BCUT2D eigenvalue weighted by atomic mass is 10.2. The van der Waals surface area contributed by atoms with E-state index < -0.39 is 0 Å². The molecule has 0 aliphatic carbocycles. The molecule has 0 bridgehead atoms. The Labute approximate surface area is 163 Å². The lowest BCUT2D eigenvalue weighted by molar-refractivity contribution is -0.125. The van der Waals surface area contributed by atoms with Crippen LogP contribution in [0.1, 0.15) is 17.4 Å². The molecule has 0 radical (unpaired) electrons. The highest BCUT2D eigenvalue weighted by atomic mass is 32.2. The van der Waals surface area contributed by atoms with Gasteiger partial charge in [0.05, 0.1) is 11.0 Å². The van der Waals surface area contributed by atoms with Crippen molar-refractivity contribution in [2.75, 3.05) is 18.8 Å². The average molecular weight is 411 g/mol. The second-order valence-electron chi connectivity index (χ2n) is 5.79. The molecule has 3 rings (SSSR count). The fourth-order valence-corrected chi connectivity index (χ4v) is 5.31. The first-order valence-electron chi connectivity index (χ1n) is 8.00. The van der Waals surface area contributed by atoms with Crippen LogP contribution in [-0.4, -0.2) is 56.0 Å². The van der Waals surface area contributed by atoms with Gasteiger partial charge in [0, 0.05) is 23.4 Å². The Morgan fingerprint density at radius 2 is 2.15 bits per heavy atom. The standard InChI is InChI=1S/C16H18N4O3S3/c1-8-9(2)25-14-12(8)15(19-7-18-14)26-10(3)13(22)17-4-5-20-11(21)6-24-16(20)23/h7,10H,4-6H2,1-3H3,(H,17,22)/t10-/m1/s1. The minimum Gasteiger partial charge on any atom is -0.353 e. The second-order valence-corrected chi connectivity index (χ2v) is 9.25. The molecule has 1 saturated heterocycles. The molecule has 3 amide bonds. The quantitative estimate of drug-likeness (QED) is 0.578. The lowest BCUT2D eigenvalue weighted by Crippen LogP contribution is -2.39. The van der Waals surface area contributed by atoms with Gasteiger partial charge in [-0.2, -0.15) is 0 Å². The van der Waals surface area contributed by atoms with Crippen LogP contribution in [0.5, 0.6) is 0 Å². The number of nitrogens with zero attached hydrogens (tertiary/aromatic N) is 3. The first kappa shape index (κ1) is 19.1. The van der Waals surface area contributed by atoms with Crippen molar-refractivity contribution in [3.63, 3.8) is 0 Å². The van der Waals surface area contributed by atoms with Gasteiger partial charge in [0.2, 0.25) is 11.8 Å². The van der Waals surface area contributed by atoms with E-state index in [4.69, 9.17) is 0 Å². The fourth-order valence-electron chi connectivity index (χ4n) is 2.49. The number of carbonyl (C=O) groups excluding carboxylic acids is 3. The first-order valence-corrected chi connectivity index (χ1v) is 10.7. The Hall–Kier alpha value is -1.65. The van der Waals surface area contributed by atoms with E-state index in [1.165, 1.54) is 27.9 Å². The summed E-state index contributed by atoms with van der Waals surface area (Å²) in [4.78, 5) is 47.4. The summed E-state index contributed by atoms with van der Waals surface area (Å²) < 4.78 is 0. The van der Waals surface area contributed by atoms with E-state index in [-0.39, 0.29) is 41.1 Å². The Kier molecular flexibility index (Phi) is 5.83. The summed E-state index contributed by atoms with van der Waals surface area (Å²) in [6.45, 7) is 6.34. The molecule has 26 heavy (non-hydrogen) atoms. The van der Waals surface area contributed by atoms with E-state index >= 15 is 0 Å². The van der Waals surface area contributed by atoms with Gasteiger partial charge in [-0.05, 0) is 26.3 Å². The maximum Gasteiger partial charge on any atom is 0.288 e. The zero-order valence-electron chi connectivity index (χ0n) is 14.6. The number of rotatable bonds is 6. The minimum atomic E-state index is -0.355. The topological polar surface area (TPSA) is 92.3 Å². The zero-order chi connectivity index (χ0) is 18.8. The molecule has 0 saturated carbocycles. The highest BCUT2D eigenvalue weighted by Crippen LogP contribution is 2.35. The Balaban J connectivity index is 1.59. The SMILES string of the molecule is Cc1sc2ncnc(S[C@H](C)C(=O)NCCN3C(=O)CSC3=O)c2c1C. The Bertz CT molecular complexity index is 867. The van der Waals surface area contributed by atoms with Crippen LogP contribution in [0.3, 0.4) is 0 Å². The molecule has 2 aromatic rings. The number of hydrogen-bond donors (Lipinski definition) is 1. The molecule has 1 fully saturated rings. The minimum absolute atomic E-state index is 0.155. The zero-order valence-corrected chi connectivity index (χ0v) is 17.0. The van der Waals surface area contributed by atoms with E-state index in [9.17, 15) is 14.4 Å². The van der Waals surface area contributed by atoms with Crippen molar-refractivity contribution < 1.29 is 14.4 Å². The number of thioether (sulfide) groups is 2. The number of thiophene rings is 1. The summed E-state index contributed by atoms with van der Waals surface area (Å²) in [7, 11) is 0. The van der Waals surface area contributed by atoms with Gasteiger partial charge in [0.1, 0.15) is 16.2 Å². The van der Waals surface area contributed by atoms with Crippen LogP contribution in [0.4, 0.5) is 4.79 Å². The third kappa shape index (κ3) is 3.86. The summed E-state index contributed by atoms with van der Waals surface area (Å²) in [5.74, 6) is -0.177. The van der Waals surface area contributed by atoms with Crippen molar-refractivity contribution in [1.29, 1.82) is 0 Å². The molecule has 1 aliphatic heterocycles. The Morgan fingerprint density at radius 1 is 1.38 bits per heavy atom. The smallest absolute Gasteiger partial charge is 0.288 e. The van der Waals surface area contributed by atoms with Gasteiger partial charge in [-0.3, -0.25) is 19.3 Å². The van der Waals surface area contributed by atoms with Crippen molar-refractivity contribution >= 4 is 62.1 Å². The number of aryl methyl sites for hydroxylation is 2. The fraction of sp³-hybridized carbons (Fsp3) is 0.438. The molecular formula is C16H18N4O3S3. The largest absolute Gasteiger partial charge is 0.353 e. The molecular weight excluding hydrogens is 392 g/mol. The second kappa shape index (κ2) is 7.93. The summed E-state index contributed by atoms with van der Waals surface area (Å²) >= 11 is 4.00. The summed E-state index contributed by atoms with van der Waals surface area (Å²) in [5.41, 5.74) is 1.14. The molecule has 3 heterocycles. The van der Waals surface area contributed by atoms with E-state index in [0.29, 0.717) is 0 Å². The molecule has 0 spiro atoms. The molecule has 1 aliphatic rings. The van der Waals surface area contributed by atoms with Gasteiger partial charge in [0.25, 0.3) is 5.24 Å². The van der Waals surface area contributed by atoms with Gasteiger partial charge < -0.3 is 5.32 Å². The molecule has 1 N–H and O–H groups in total. The lowest BCUT2D eigenvalue weighted by Gasteiger charge is -2.15. The maximum atomic E-state index is 12.3. The normalized spacial score (nSPS) is 15.7. The van der Waals surface area contributed by atoms with Crippen molar-refractivity contribution in [1.82, 2.24) is 20.2 Å². The molecule has 0 unspecified atom stereocenters. The molecule has 1 atom stereocenters. The van der Waals surface area contributed by atoms with E-state index in [1.807, 2.05) is 20.8 Å². The van der Waals surface area contributed by atoms with Crippen molar-refractivity contribution in [2.45, 2.75) is 31.0 Å². The number of carbonyl (C=O) groups is 3. The summed E-state index contributed by atoms with van der Waals surface area (Å²) in [6.07, 6.45) is 1.52. The first-order chi connectivity index (χ1) is 12.4. The molecule has 7 nitrogen and oxygen atoms in total. The van der Waals surface area contributed by atoms with Gasteiger partial charge in [-0.25, -0.2) is 9.97 Å². The molecule has 0 aromatic carbocycles. The maximum absolute atomic E-state index is 12.3. The predicted molar refractivity (Wildman–Crippen MR) is 105 cm³/mol. The monoisotopic (exact) mass is 410 g/mol. The third-order valence-corrected chi connectivity index (χ3v) is 7.14. The molecule has 10 heteroatoms. The van der Waals surface area contributed by atoms with Crippen LogP contribution in [-0.2, 0) is 9.59 Å². The number of hydrogen-bond acceptors (Lipinski definition) is 8. The van der Waals surface area contributed by atoms with E-state index in [1.54, 1.807) is 11.3 Å². The van der Waals surface area contributed by atoms with Gasteiger partial charge in [-0.15, -0.1) is 11.3 Å². The third-order valence-electron chi connectivity index (χ3n) is 4.06. The van der Waals surface area contributed by atoms with Crippen molar-refractivity contribution in [2.24, 2.45) is 0 Å². The molecule has 138 valence electrons. The van der Waals surface area contributed by atoms with Crippen LogP contribution in [0.15, 0.2) is 11.4 Å². The highest BCUT2D eigenvalue weighted by molar-refractivity contribution is 8.14. The Morgan fingerprint density at radius 3 is 2.85 bits per heavy atom. The number of nitrogens with one attached hydrogen (secondary N) is 1. The van der Waals surface area contributed by atoms with Crippen LogP contribution < -0.4 is 5.32 Å². The predicted octanol–water partition coefficient (Wildman–Crippen LogP) is 2.60. The van der Waals surface area contributed by atoms with Crippen molar-refractivity contribution in [3.8, 4) is 0 Å².